The van der Waals surface area contributed by atoms with Crippen molar-refractivity contribution in [2.24, 2.45) is 5.73 Å². The van der Waals surface area contributed by atoms with Gasteiger partial charge >= 0.3 is 0 Å². The fourth-order valence-electron chi connectivity index (χ4n) is 1.45. The first kappa shape index (κ1) is 12.6. The average Bonchev–Trinajstić information content (AvgIpc) is 2.13. The molecule has 15 heavy (non-hydrogen) atoms. The molecule has 1 aromatic rings. The van der Waals surface area contributed by atoms with Gasteiger partial charge in [0.1, 0.15) is 5.82 Å². The van der Waals surface area contributed by atoms with E-state index >= 15 is 0 Å². The van der Waals surface area contributed by atoms with Crippen LogP contribution in [-0.4, -0.2) is 13.2 Å². The fourth-order valence-corrected chi connectivity index (χ4v) is 2.00. The SMILES string of the molecule is COCc1cc(Br)c(F)c(CC(C)N)c1. The predicted octanol–water partition coefficient (Wildman–Crippen LogP) is 2.62. The summed E-state index contributed by atoms with van der Waals surface area (Å²) < 4.78 is 19.1. The molecule has 0 aliphatic rings. The highest BCUT2D eigenvalue weighted by atomic mass is 79.9. The summed E-state index contributed by atoms with van der Waals surface area (Å²) in [6.07, 6.45) is 0.530. The second kappa shape index (κ2) is 5.58. The van der Waals surface area contributed by atoms with Gasteiger partial charge in [0.05, 0.1) is 11.1 Å². The minimum absolute atomic E-state index is 0.0517. The Labute approximate surface area is 97.7 Å². The molecule has 0 fully saturated rings. The van der Waals surface area contributed by atoms with Gasteiger partial charge in [0.2, 0.25) is 0 Å². The van der Waals surface area contributed by atoms with Crippen LogP contribution in [0.2, 0.25) is 0 Å². The molecule has 0 amide bonds. The van der Waals surface area contributed by atoms with E-state index in [4.69, 9.17) is 10.5 Å². The van der Waals surface area contributed by atoms with E-state index in [0.717, 1.165) is 5.56 Å². The van der Waals surface area contributed by atoms with Crippen molar-refractivity contribution in [1.82, 2.24) is 0 Å². The Balaban J connectivity index is 3.01. The third-order valence-electron chi connectivity index (χ3n) is 2.02. The van der Waals surface area contributed by atoms with Gasteiger partial charge in [-0.1, -0.05) is 6.07 Å². The highest BCUT2D eigenvalue weighted by Gasteiger charge is 2.10. The van der Waals surface area contributed by atoms with Gasteiger partial charge in [-0.2, -0.15) is 0 Å². The van der Waals surface area contributed by atoms with Crippen molar-refractivity contribution in [3.63, 3.8) is 0 Å². The third kappa shape index (κ3) is 3.55. The predicted molar refractivity (Wildman–Crippen MR) is 62.2 cm³/mol. The lowest BCUT2D eigenvalue weighted by molar-refractivity contribution is 0.184. The van der Waals surface area contributed by atoms with Crippen molar-refractivity contribution >= 4 is 15.9 Å². The molecular weight excluding hydrogens is 261 g/mol. The molecule has 4 heteroatoms. The molecule has 1 unspecified atom stereocenters. The van der Waals surface area contributed by atoms with Gasteiger partial charge in [-0.15, -0.1) is 0 Å². The Bertz CT molecular complexity index is 342. The van der Waals surface area contributed by atoms with Crippen LogP contribution in [0.4, 0.5) is 4.39 Å². The van der Waals surface area contributed by atoms with Crippen molar-refractivity contribution < 1.29 is 9.13 Å². The zero-order valence-electron chi connectivity index (χ0n) is 8.89. The quantitative estimate of drug-likeness (QED) is 0.917. The molecule has 0 saturated heterocycles. The number of hydrogen-bond acceptors (Lipinski definition) is 2. The average molecular weight is 276 g/mol. The van der Waals surface area contributed by atoms with E-state index in [2.05, 4.69) is 15.9 Å². The number of ether oxygens (including phenoxy) is 1. The summed E-state index contributed by atoms with van der Waals surface area (Å²) in [5.74, 6) is -0.229. The fraction of sp³-hybridized carbons (Fsp3) is 0.455. The van der Waals surface area contributed by atoms with E-state index in [1.54, 1.807) is 19.2 Å². The molecular formula is C11H15BrFNO. The maximum Gasteiger partial charge on any atom is 0.140 e. The molecule has 2 nitrogen and oxygen atoms in total. The topological polar surface area (TPSA) is 35.2 Å². The second-order valence-electron chi connectivity index (χ2n) is 3.67. The van der Waals surface area contributed by atoms with Gasteiger partial charge in [0.15, 0.2) is 0 Å². The lowest BCUT2D eigenvalue weighted by atomic mass is 10.0. The maximum absolute atomic E-state index is 13.6. The summed E-state index contributed by atoms with van der Waals surface area (Å²) in [5, 5.41) is 0. The van der Waals surface area contributed by atoms with Crippen LogP contribution in [0.25, 0.3) is 0 Å². The standard InChI is InChI=1S/C11H15BrFNO/c1-7(14)3-9-4-8(6-15-2)5-10(12)11(9)13/h4-5,7H,3,6,14H2,1-2H3. The third-order valence-corrected chi connectivity index (χ3v) is 2.59. The monoisotopic (exact) mass is 275 g/mol. The van der Waals surface area contributed by atoms with Crippen molar-refractivity contribution in [2.75, 3.05) is 7.11 Å². The molecule has 0 aliphatic heterocycles. The largest absolute Gasteiger partial charge is 0.380 e. The van der Waals surface area contributed by atoms with Gasteiger partial charge in [0.25, 0.3) is 0 Å². The number of hydrogen-bond donors (Lipinski definition) is 1. The Kier molecular flexibility index (Phi) is 4.70. The van der Waals surface area contributed by atoms with Gasteiger partial charge in [-0.05, 0) is 46.5 Å². The van der Waals surface area contributed by atoms with E-state index in [9.17, 15) is 4.39 Å². The Morgan fingerprint density at radius 2 is 2.20 bits per heavy atom. The summed E-state index contributed by atoms with van der Waals surface area (Å²) in [6.45, 7) is 2.33. The van der Waals surface area contributed by atoms with E-state index in [-0.39, 0.29) is 11.9 Å². The number of benzene rings is 1. The first-order valence-electron chi connectivity index (χ1n) is 4.76. The molecule has 0 spiro atoms. The molecule has 0 aromatic heterocycles. The highest BCUT2D eigenvalue weighted by Crippen LogP contribution is 2.22. The minimum Gasteiger partial charge on any atom is -0.380 e. The van der Waals surface area contributed by atoms with Crippen LogP contribution in [0.3, 0.4) is 0 Å². The Hall–Kier alpha value is -0.450. The first-order valence-corrected chi connectivity index (χ1v) is 5.55. The van der Waals surface area contributed by atoms with Crippen molar-refractivity contribution in [2.45, 2.75) is 26.0 Å². The van der Waals surface area contributed by atoms with Crippen LogP contribution in [0.5, 0.6) is 0 Å². The number of rotatable bonds is 4. The zero-order valence-corrected chi connectivity index (χ0v) is 10.5. The van der Waals surface area contributed by atoms with Crippen LogP contribution in [0.1, 0.15) is 18.1 Å². The summed E-state index contributed by atoms with van der Waals surface area (Å²) in [5.41, 5.74) is 7.23. The second-order valence-corrected chi connectivity index (χ2v) is 4.52. The number of methoxy groups -OCH3 is 1. The van der Waals surface area contributed by atoms with Gasteiger partial charge in [-0.25, -0.2) is 4.39 Å². The summed E-state index contributed by atoms with van der Waals surface area (Å²) in [7, 11) is 1.61. The molecule has 0 bridgehead atoms. The number of halogens is 2. The van der Waals surface area contributed by atoms with Crippen molar-refractivity contribution in [3.8, 4) is 0 Å². The molecule has 0 saturated carbocycles. The summed E-state index contributed by atoms with van der Waals surface area (Å²) in [6, 6.07) is 3.47. The van der Waals surface area contributed by atoms with E-state index in [1.165, 1.54) is 0 Å². The lowest BCUT2D eigenvalue weighted by Gasteiger charge is -2.10. The maximum atomic E-state index is 13.6. The lowest BCUT2D eigenvalue weighted by Crippen LogP contribution is -2.18. The van der Waals surface area contributed by atoms with Crippen LogP contribution in [0, 0.1) is 5.82 Å². The highest BCUT2D eigenvalue weighted by molar-refractivity contribution is 9.10. The van der Waals surface area contributed by atoms with Crippen LogP contribution >= 0.6 is 15.9 Å². The normalized spacial score (nSPS) is 12.9. The summed E-state index contributed by atoms with van der Waals surface area (Å²) in [4.78, 5) is 0. The first-order chi connectivity index (χ1) is 7.04. The molecule has 0 radical (unpaired) electrons. The molecule has 84 valence electrons. The van der Waals surface area contributed by atoms with Gasteiger partial charge < -0.3 is 10.5 Å². The van der Waals surface area contributed by atoms with Crippen LogP contribution in [-0.2, 0) is 17.8 Å². The minimum atomic E-state index is -0.229. The molecule has 0 heterocycles. The molecule has 2 N–H and O–H groups in total. The van der Waals surface area contributed by atoms with Crippen molar-refractivity contribution in [1.29, 1.82) is 0 Å². The van der Waals surface area contributed by atoms with Crippen LogP contribution < -0.4 is 5.73 Å². The molecule has 1 atom stereocenters. The summed E-state index contributed by atoms with van der Waals surface area (Å²) >= 11 is 3.19. The van der Waals surface area contributed by atoms with Gasteiger partial charge in [-0.3, -0.25) is 0 Å². The number of nitrogens with two attached hydrogens (primary N) is 1. The van der Waals surface area contributed by atoms with E-state index < -0.39 is 0 Å². The van der Waals surface area contributed by atoms with Crippen LogP contribution in [0.15, 0.2) is 16.6 Å². The molecule has 0 aliphatic carbocycles. The molecule has 1 rings (SSSR count). The Morgan fingerprint density at radius 1 is 1.53 bits per heavy atom. The van der Waals surface area contributed by atoms with Crippen molar-refractivity contribution in [3.05, 3.63) is 33.5 Å². The Morgan fingerprint density at radius 3 is 2.73 bits per heavy atom. The smallest absolute Gasteiger partial charge is 0.140 e. The van der Waals surface area contributed by atoms with E-state index in [0.29, 0.717) is 23.1 Å². The molecule has 1 aromatic carbocycles. The van der Waals surface area contributed by atoms with E-state index in [1.807, 2.05) is 6.92 Å². The van der Waals surface area contributed by atoms with Gasteiger partial charge in [0, 0.05) is 13.2 Å². The zero-order chi connectivity index (χ0) is 11.4.